The molecule has 0 bridgehead atoms. The number of carbonyl (C=O) groups excluding carboxylic acids is 1. The largest absolute Gasteiger partial charge is 0.345 e. The maximum Gasteiger partial charge on any atom is 0.245 e. The lowest BCUT2D eigenvalue weighted by molar-refractivity contribution is -0.135. The van der Waals surface area contributed by atoms with Crippen LogP contribution in [0.25, 0.3) is 10.9 Å². The second kappa shape index (κ2) is 9.11. The highest BCUT2D eigenvalue weighted by Crippen LogP contribution is 2.28. The lowest BCUT2D eigenvalue weighted by atomic mass is 9.96. The molecule has 31 heavy (non-hydrogen) atoms. The number of para-hydroxylation sites is 1. The summed E-state index contributed by atoms with van der Waals surface area (Å²) in [7, 11) is -1.86. The van der Waals surface area contributed by atoms with Gasteiger partial charge >= 0.3 is 0 Å². The van der Waals surface area contributed by atoms with Crippen LogP contribution < -0.4 is 0 Å². The van der Waals surface area contributed by atoms with Crippen LogP contribution >= 0.6 is 0 Å². The average molecular weight is 439 g/mol. The molecule has 0 unspecified atom stereocenters. The van der Waals surface area contributed by atoms with E-state index in [1.807, 2.05) is 30.3 Å². The molecule has 0 aliphatic carbocycles. The second-order valence-electron chi connectivity index (χ2n) is 7.84. The number of likely N-dealkylation sites (N-methyl/N-ethyl adjacent to an activating group) is 1. The van der Waals surface area contributed by atoms with Crippen LogP contribution in [-0.2, 0) is 21.2 Å². The first-order valence-corrected chi connectivity index (χ1v) is 11.9. The van der Waals surface area contributed by atoms with Crippen LogP contribution in [0.2, 0.25) is 0 Å². The van der Waals surface area contributed by atoms with Crippen molar-refractivity contribution >= 4 is 26.8 Å². The first kappa shape index (κ1) is 21.4. The molecule has 7 nitrogen and oxygen atoms in total. The van der Waals surface area contributed by atoms with Gasteiger partial charge in [0.1, 0.15) is 4.90 Å². The Morgan fingerprint density at radius 3 is 2.52 bits per heavy atom. The number of carbonyl (C=O) groups is 1. The smallest absolute Gasteiger partial charge is 0.245 e. The van der Waals surface area contributed by atoms with Crippen LogP contribution in [0.3, 0.4) is 0 Å². The zero-order chi connectivity index (χ0) is 21.8. The molecular formula is C23H26N4O3S. The molecule has 3 heterocycles. The normalized spacial score (nSPS) is 15.8. The van der Waals surface area contributed by atoms with Crippen molar-refractivity contribution in [3.05, 3.63) is 66.6 Å². The van der Waals surface area contributed by atoms with E-state index in [1.54, 1.807) is 42.5 Å². The van der Waals surface area contributed by atoms with Gasteiger partial charge in [-0.2, -0.15) is 4.31 Å². The van der Waals surface area contributed by atoms with Crippen molar-refractivity contribution in [1.82, 2.24) is 19.2 Å². The van der Waals surface area contributed by atoms with Gasteiger partial charge in [0.2, 0.25) is 15.9 Å². The SMILES string of the molecule is CN(CCc1ccccn1)C(=O)C1CCN(S(=O)(=O)c2cccc3cccnc23)CC1. The summed E-state index contributed by atoms with van der Waals surface area (Å²) in [5.74, 6) is -0.0920. The predicted octanol–water partition coefficient (Wildman–Crippen LogP) is 2.73. The third kappa shape index (κ3) is 4.60. The summed E-state index contributed by atoms with van der Waals surface area (Å²) in [4.78, 5) is 23.4. The Morgan fingerprint density at radius 1 is 1.03 bits per heavy atom. The Labute approximate surface area is 182 Å². The average Bonchev–Trinajstić information content (AvgIpc) is 2.82. The van der Waals surface area contributed by atoms with Crippen molar-refractivity contribution in [2.24, 2.45) is 5.92 Å². The van der Waals surface area contributed by atoms with E-state index in [-0.39, 0.29) is 16.7 Å². The van der Waals surface area contributed by atoms with Gasteiger partial charge in [-0.1, -0.05) is 24.3 Å². The minimum atomic E-state index is -3.67. The molecule has 0 radical (unpaired) electrons. The molecule has 162 valence electrons. The number of fused-ring (bicyclic) bond motifs is 1. The van der Waals surface area contributed by atoms with Gasteiger partial charge in [-0.25, -0.2) is 8.42 Å². The molecule has 8 heteroatoms. The van der Waals surface area contributed by atoms with Crippen LogP contribution in [0.5, 0.6) is 0 Å². The van der Waals surface area contributed by atoms with Gasteiger partial charge in [-0.3, -0.25) is 14.8 Å². The fourth-order valence-electron chi connectivity index (χ4n) is 4.02. The van der Waals surface area contributed by atoms with Crippen molar-refractivity contribution in [2.75, 3.05) is 26.7 Å². The molecule has 4 rings (SSSR count). The van der Waals surface area contributed by atoms with E-state index < -0.39 is 10.0 Å². The summed E-state index contributed by atoms with van der Waals surface area (Å²) in [5, 5.41) is 0.795. The van der Waals surface area contributed by atoms with E-state index >= 15 is 0 Å². The number of nitrogens with zero attached hydrogens (tertiary/aromatic N) is 4. The molecule has 1 aliphatic heterocycles. The molecule has 1 amide bonds. The van der Waals surface area contributed by atoms with Crippen LogP contribution in [0.15, 0.2) is 65.8 Å². The summed E-state index contributed by atoms with van der Waals surface area (Å²) in [5.41, 5.74) is 1.43. The number of benzene rings is 1. The van der Waals surface area contributed by atoms with Gasteiger partial charge in [0.25, 0.3) is 0 Å². The molecule has 2 aromatic heterocycles. The first-order valence-electron chi connectivity index (χ1n) is 10.5. The molecule has 1 saturated heterocycles. The molecule has 1 aliphatic rings. The summed E-state index contributed by atoms with van der Waals surface area (Å²) in [6, 6.07) is 14.6. The standard InChI is InChI=1S/C23H26N4O3S/c1-26(15-12-20-8-2-3-13-24-20)23(28)19-10-16-27(17-11-19)31(29,30)21-9-4-6-18-7-5-14-25-22(18)21/h2-9,13-14,19H,10-12,15-17H2,1H3. The molecule has 0 spiro atoms. The third-order valence-electron chi connectivity index (χ3n) is 5.82. The zero-order valence-electron chi connectivity index (χ0n) is 17.5. The number of aromatic nitrogens is 2. The minimum Gasteiger partial charge on any atom is -0.345 e. The Kier molecular flexibility index (Phi) is 6.29. The zero-order valence-corrected chi connectivity index (χ0v) is 18.3. The summed E-state index contributed by atoms with van der Waals surface area (Å²) < 4.78 is 28.0. The molecule has 0 saturated carbocycles. The van der Waals surface area contributed by atoms with Gasteiger partial charge in [-0.05, 0) is 37.1 Å². The van der Waals surface area contributed by atoms with E-state index in [0.29, 0.717) is 44.4 Å². The second-order valence-corrected chi connectivity index (χ2v) is 9.75. The topological polar surface area (TPSA) is 83.5 Å². The monoisotopic (exact) mass is 438 g/mol. The fraction of sp³-hybridized carbons (Fsp3) is 0.348. The Balaban J connectivity index is 1.39. The highest BCUT2D eigenvalue weighted by Gasteiger charge is 2.34. The lowest BCUT2D eigenvalue weighted by Crippen LogP contribution is -2.43. The number of sulfonamides is 1. The number of piperidine rings is 1. The number of hydrogen-bond donors (Lipinski definition) is 0. The third-order valence-corrected chi connectivity index (χ3v) is 7.75. The number of amides is 1. The Hall–Kier alpha value is -2.84. The highest BCUT2D eigenvalue weighted by atomic mass is 32.2. The molecular weight excluding hydrogens is 412 g/mol. The van der Waals surface area contributed by atoms with E-state index in [1.165, 1.54) is 4.31 Å². The highest BCUT2D eigenvalue weighted by molar-refractivity contribution is 7.89. The van der Waals surface area contributed by atoms with E-state index in [2.05, 4.69) is 9.97 Å². The van der Waals surface area contributed by atoms with Crippen LogP contribution in [-0.4, -0.2) is 60.2 Å². The van der Waals surface area contributed by atoms with Crippen molar-refractivity contribution < 1.29 is 13.2 Å². The maximum absolute atomic E-state index is 13.3. The van der Waals surface area contributed by atoms with Crippen molar-refractivity contribution in [3.8, 4) is 0 Å². The van der Waals surface area contributed by atoms with Crippen LogP contribution in [0.1, 0.15) is 18.5 Å². The van der Waals surface area contributed by atoms with Gasteiger partial charge in [-0.15, -0.1) is 0 Å². The van der Waals surface area contributed by atoms with Crippen LogP contribution in [0, 0.1) is 5.92 Å². The van der Waals surface area contributed by atoms with Gasteiger partial charge in [0.15, 0.2) is 0 Å². The quantitative estimate of drug-likeness (QED) is 0.591. The van der Waals surface area contributed by atoms with E-state index in [9.17, 15) is 13.2 Å². The van der Waals surface area contributed by atoms with Gasteiger partial charge < -0.3 is 4.90 Å². The predicted molar refractivity (Wildman–Crippen MR) is 119 cm³/mol. The van der Waals surface area contributed by atoms with E-state index in [4.69, 9.17) is 0 Å². The molecule has 0 N–H and O–H groups in total. The molecule has 1 aromatic carbocycles. The van der Waals surface area contributed by atoms with E-state index in [0.717, 1.165) is 11.1 Å². The lowest BCUT2D eigenvalue weighted by Gasteiger charge is -2.32. The number of rotatable bonds is 6. The molecule has 0 atom stereocenters. The first-order chi connectivity index (χ1) is 15.0. The summed E-state index contributed by atoms with van der Waals surface area (Å²) >= 11 is 0. The number of hydrogen-bond acceptors (Lipinski definition) is 5. The molecule has 3 aromatic rings. The Morgan fingerprint density at radius 2 is 1.77 bits per heavy atom. The minimum absolute atomic E-state index is 0.0693. The van der Waals surface area contributed by atoms with Gasteiger partial charge in [0, 0.05) is 62.5 Å². The molecule has 1 fully saturated rings. The maximum atomic E-state index is 13.3. The Bertz CT molecular complexity index is 1150. The van der Waals surface area contributed by atoms with Gasteiger partial charge in [0.05, 0.1) is 5.52 Å². The van der Waals surface area contributed by atoms with Crippen LogP contribution in [0.4, 0.5) is 0 Å². The van der Waals surface area contributed by atoms with Crippen molar-refractivity contribution in [1.29, 1.82) is 0 Å². The number of pyridine rings is 2. The summed E-state index contributed by atoms with van der Waals surface area (Å²) in [6.45, 7) is 1.25. The van der Waals surface area contributed by atoms with Crippen molar-refractivity contribution in [2.45, 2.75) is 24.2 Å². The van der Waals surface area contributed by atoms with Crippen molar-refractivity contribution in [3.63, 3.8) is 0 Å². The summed E-state index contributed by atoms with van der Waals surface area (Å²) in [6.07, 6.45) is 5.09. The fourth-order valence-corrected chi connectivity index (χ4v) is 5.65.